The quantitative estimate of drug-likeness (QED) is 0.680. The maximum Gasteiger partial charge on any atom is 0.0951 e. The number of aryl methyl sites for hydroxylation is 1. The number of pyridine rings is 1. The maximum atomic E-state index is 6.20. The number of aromatic nitrogens is 1. The van der Waals surface area contributed by atoms with Gasteiger partial charge in [0.15, 0.2) is 0 Å². The van der Waals surface area contributed by atoms with Crippen LogP contribution in [0.2, 0.25) is 5.02 Å². The van der Waals surface area contributed by atoms with E-state index in [4.69, 9.17) is 17.3 Å². The molecule has 0 fully saturated rings. The third-order valence-corrected chi connectivity index (χ3v) is 3.58. The summed E-state index contributed by atoms with van der Waals surface area (Å²) in [6.07, 6.45) is 1.76. The molecular formula is C16H14ClN3. The van der Waals surface area contributed by atoms with Crippen LogP contribution in [0.25, 0.3) is 10.9 Å². The lowest BCUT2D eigenvalue weighted by Crippen LogP contribution is -1.97. The molecule has 0 aliphatic heterocycles. The normalized spacial score (nSPS) is 10.7. The average molecular weight is 284 g/mol. The SMILES string of the molecule is Cc1ccc(N)cc1Nc1ccc(Cl)c2cccnc12. The molecule has 2 aromatic carbocycles. The van der Waals surface area contributed by atoms with Gasteiger partial charge in [0.25, 0.3) is 0 Å². The van der Waals surface area contributed by atoms with Gasteiger partial charge in [-0.2, -0.15) is 0 Å². The van der Waals surface area contributed by atoms with Gasteiger partial charge in [0.05, 0.1) is 16.2 Å². The van der Waals surface area contributed by atoms with Crippen LogP contribution >= 0.6 is 11.6 Å². The van der Waals surface area contributed by atoms with Gasteiger partial charge in [-0.05, 0) is 48.9 Å². The molecule has 0 saturated heterocycles. The highest BCUT2D eigenvalue weighted by Gasteiger charge is 2.07. The number of nitrogen functional groups attached to an aromatic ring is 1. The van der Waals surface area contributed by atoms with Gasteiger partial charge in [-0.25, -0.2) is 0 Å². The number of nitrogens with one attached hydrogen (secondary N) is 1. The van der Waals surface area contributed by atoms with Crippen molar-refractivity contribution in [2.24, 2.45) is 0 Å². The summed E-state index contributed by atoms with van der Waals surface area (Å²) in [7, 11) is 0. The van der Waals surface area contributed by atoms with Gasteiger partial charge in [-0.1, -0.05) is 17.7 Å². The van der Waals surface area contributed by atoms with Gasteiger partial charge >= 0.3 is 0 Å². The summed E-state index contributed by atoms with van der Waals surface area (Å²) in [5.41, 5.74) is 10.4. The van der Waals surface area contributed by atoms with E-state index < -0.39 is 0 Å². The molecule has 3 N–H and O–H groups in total. The largest absolute Gasteiger partial charge is 0.399 e. The van der Waals surface area contributed by atoms with Crippen LogP contribution in [-0.2, 0) is 0 Å². The first-order valence-electron chi connectivity index (χ1n) is 6.31. The van der Waals surface area contributed by atoms with Gasteiger partial charge < -0.3 is 11.1 Å². The minimum atomic E-state index is 0.697. The van der Waals surface area contributed by atoms with Crippen molar-refractivity contribution in [2.45, 2.75) is 6.92 Å². The Hall–Kier alpha value is -2.26. The Morgan fingerprint density at radius 3 is 2.80 bits per heavy atom. The van der Waals surface area contributed by atoms with Crippen LogP contribution in [0.3, 0.4) is 0 Å². The molecule has 0 aliphatic carbocycles. The van der Waals surface area contributed by atoms with Crippen molar-refractivity contribution in [3.8, 4) is 0 Å². The summed E-state index contributed by atoms with van der Waals surface area (Å²) in [5, 5.41) is 5.01. The van der Waals surface area contributed by atoms with Crippen molar-refractivity contribution in [1.29, 1.82) is 0 Å². The summed E-state index contributed by atoms with van der Waals surface area (Å²) >= 11 is 6.20. The van der Waals surface area contributed by atoms with E-state index in [-0.39, 0.29) is 0 Å². The summed E-state index contributed by atoms with van der Waals surface area (Å²) < 4.78 is 0. The van der Waals surface area contributed by atoms with Crippen LogP contribution in [0.4, 0.5) is 17.1 Å². The Bertz CT molecular complexity index is 784. The second kappa shape index (κ2) is 5.02. The van der Waals surface area contributed by atoms with Gasteiger partial charge in [0.2, 0.25) is 0 Å². The van der Waals surface area contributed by atoms with E-state index in [1.54, 1.807) is 6.20 Å². The first-order chi connectivity index (χ1) is 9.65. The Balaban J connectivity index is 2.11. The summed E-state index contributed by atoms with van der Waals surface area (Å²) in [6.45, 7) is 2.04. The molecule has 0 aliphatic rings. The van der Waals surface area contributed by atoms with E-state index in [1.807, 2.05) is 49.4 Å². The molecule has 0 bridgehead atoms. The van der Waals surface area contributed by atoms with E-state index >= 15 is 0 Å². The van der Waals surface area contributed by atoms with Gasteiger partial charge in [0.1, 0.15) is 0 Å². The van der Waals surface area contributed by atoms with E-state index in [9.17, 15) is 0 Å². The van der Waals surface area contributed by atoms with E-state index in [2.05, 4.69) is 10.3 Å². The van der Waals surface area contributed by atoms with Crippen LogP contribution in [0.1, 0.15) is 5.56 Å². The Labute approximate surface area is 122 Å². The molecule has 1 heterocycles. The van der Waals surface area contributed by atoms with Gasteiger partial charge in [0, 0.05) is 23.0 Å². The maximum absolute atomic E-state index is 6.20. The summed E-state index contributed by atoms with van der Waals surface area (Å²) in [6, 6.07) is 13.4. The molecule has 0 amide bonds. The lowest BCUT2D eigenvalue weighted by Gasteiger charge is -2.12. The predicted octanol–water partition coefficient (Wildman–Crippen LogP) is 4.52. The summed E-state index contributed by atoms with van der Waals surface area (Å²) in [4.78, 5) is 4.41. The fraction of sp³-hybridized carbons (Fsp3) is 0.0625. The standard InChI is InChI=1S/C16H14ClN3/c1-10-4-5-11(18)9-15(10)20-14-7-6-13(17)12-3-2-8-19-16(12)14/h2-9,20H,18H2,1H3. The lowest BCUT2D eigenvalue weighted by molar-refractivity contribution is 1.39. The average Bonchev–Trinajstić information content (AvgIpc) is 2.46. The van der Waals surface area contributed by atoms with E-state index in [1.165, 1.54) is 0 Å². The van der Waals surface area contributed by atoms with Gasteiger partial charge in [-0.3, -0.25) is 4.98 Å². The molecule has 1 aromatic heterocycles. The minimum absolute atomic E-state index is 0.697. The zero-order chi connectivity index (χ0) is 14.1. The molecule has 3 rings (SSSR count). The lowest BCUT2D eigenvalue weighted by atomic mass is 10.1. The fourth-order valence-corrected chi connectivity index (χ4v) is 2.37. The second-order valence-corrected chi connectivity index (χ2v) is 5.10. The topological polar surface area (TPSA) is 50.9 Å². The minimum Gasteiger partial charge on any atom is -0.399 e. The van der Waals surface area contributed by atoms with Crippen molar-refractivity contribution >= 4 is 39.6 Å². The molecule has 0 saturated carbocycles. The van der Waals surface area contributed by atoms with Crippen LogP contribution < -0.4 is 11.1 Å². The zero-order valence-electron chi connectivity index (χ0n) is 11.0. The Morgan fingerprint density at radius 1 is 1.10 bits per heavy atom. The van der Waals surface area contributed by atoms with Crippen LogP contribution in [0.15, 0.2) is 48.7 Å². The van der Waals surface area contributed by atoms with Crippen molar-refractivity contribution in [3.63, 3.8) is 0 Å². The van der Waals surface area contributed by atoms with Crippen LogP contribution in [-0.4, -0.2) is 4.98 Å². The Kier molecular flexibility index (Phi) is 3.20. The van der Waals surface area contributed by atoms with Crippen molar-refractivity contribution in [2.75, 3.05) is 11.1 Å². The first-order valence-corrected chi connectivity index (χ1v) is 6.69. The molecule has 0 unspecified atom stereocenters. The number of halogens is 1. The number of nitrogens with two attached hydrogens (primary N) is 1. The number of rotatable bonds is 2. The molecular weight excluding hydrogens is 270 g/mol. The molecule has 4 heteroatoms. The number of benzene rings is 2. The summed E-state index contributed by atoms with van der Waals surface area (Å²) in [5.74, 6) is 0. The van der Waals surface area contributed by atoms with E-state index in [0.717, 1.165) is 33.5 Å². The second-order valence-electron chi connectivity index (χ2n) is 4.69. The number of fused-ring (bicyclic) bond motifs is 1. The van der Waals surface area contributed by atoms with Gasteiger partial charge in [-0.15, -0.1) is 0 Å². The van der Waals surface area contributed by atoms with Crippen LogP contribution in [0, 0.1) is 6.92 Å². The number of hydrogen-bond donors (Lipinski definition) is 2. The molecule has 20 heavy (non-hydrogen) atoms. The van der Waals surface area contributed by atoms with Crippen molar-refractivity contribution in [1.82, 2.24) is 4.98 Å². The van der Waals surface area contributed by atoms with Crippen molar-refractivity contribution < 1.29 is 0 Å². The smallest absolute Gasteiger partial charge is 0.0951 e. The predicted molar refractivity (Wildman–Crippen MR) is 85.6 cm³/mol. The number of anilines is 3. The molecule has 0 radical (unpaired) electrons. The monoisotopic (exact) mass is 283 g/mol. The highest BCUT2D eigenvalue weighted by molar-refractivity contribution is 6.35. The first kappa shape index (κ1) is 12.8. The third kappa shape index (κ3) is 2.28. The molecule has 3 aromatic rings. The Morgan fingerprint density at radius 2 is 1.95 bits per heavy atom. The highest BCUT2D eigenvalue weighted by atomic mass is 35.5. The molecule has 3 nitrogen and oxygen atoms in total. The number of hydrogen-bond acceptors (Lipinski definition) is 3. The fourth-order valence-electron chi connectivity index (χ4n) is 2.16. The highest BCUT2D eigenvalue weighted by Crippen LogP contribution is 2.31. The molecule has 0 atom stereocenters. The van der Waals surface area contributed by atoms with Crippen molar-refractivity contribution in [3.05, 3.63) is 59.2 Å². The molecule has 0 spiro atoms. The van der Waals surface area contributed by atoms with E-state index in [0.29, 0.717) is 5.02 Å². The zero-order valence-corrected chi connectivity index (χ0v) is 11.8. The van der Waals surface area contributed by atoms with Crippen LogP contribution in [0.5, 0.6) is 0 Å². The third-order valence-electron chi connectivity index (χ3n) is 3.25. The molecule has 100 valence electrons. The number of nitrogens with zero attached hydrogens (tertiary/aromatic N) is 1.